The minimum atomic E-state index is -0.373. The van der Waals surface area contributed by atoms with E-state index in [-0.39, 0.29) is 5.97 Å². The van der Waals surface area contributed by atoms with Gasteiger partial charge in [0.25, 0.3) is 0 Å². The van der Waals surface area contributed by atoms with Gasteiger partial charge in [-0.05, 0) is 37.3 Å². The van der Waals surface area contributed by atoms with Gasteiger partial charge in [0.1, 0.15) is 0 Å². The van der Waals surface area contributed by atoms with Crippen molar-refractivity contribution >= 4 is 23.0 Å². The molecule has 98 valence electrons. The molecule has 0 saturated heterocycles. The van der Waals surface area contributed by atoms with Crippen LogP contribution in [-0.2, 0) is 4.74 Å². The second-order valence-electron chi connectivity index (χ2n) is 3.89. The van der Waals surface area contributed by atoms with Gasteiger partial charge in [-0.15, -0.1) is 0 Å². The van der Waals surface area contributed by atoms with Crippen molar-refractivity contribution in [3.8, 4) is 0 Å². The number of carbonyl (C=O) groups is 1. The van der Waals surface area contributed by atoms with E-state index < -0.39 is 0 Å². The van der Waals surface area contributed by atoms with E-state index >= 15 is 0 Å². The summed E-state index contributed by atoms with van der Waals surface area (Å²) in [5, 5.41) is 3.13. The second-order valence-corrected chi connectivity index (χ2v) is 3.89. The van der Waals surface area contributed by atoms with E-state index in [0.29, 0.717) is 17.9 Å². The van der Waals surface area contributed by atoms with E-state index in [2.05, 4.69) is 10.3 Å². The number of ether oxygens (including phenoxy) is 1. The number of pyridine rings is 1. The van der Waals surface area contributed by atoms with E-state index in [1.807, 2.05) is 12.1 Å². The number of aromatic nitrogens is 1. The van der Waals surface area contributed by atoms with E-state index in [1.54, 1.807) is 37.5 Å². The van der Waals surface area contributed by atoms with Crippen molar-refractivity contribution in [2.24, 2.45) is 0 Å². The number of carbonyl (C=O) groups excluding carboxylic acids is 1. The average molecular weight is 257 g/mol. The van der Waals surface area contributed by atoms with Crippen LogP contribution in [0.4, 0.5) is 17.1 Å². The maximum absolute atomic E-state index is 11.6. The van der Waals surface area contributed by atoms with Gasteiger partial charge >= 0.3 is 5.97 Å². The minimum Gasteiger partial charge on any atom is -0.462 e. The first-order valence-electron chi connectivity index (χ1n) is 5.94. The van der Waals surface area contributed by atoms with Gasteiger partial charge in [0.2, 0.25) is 0 Å². The number of hydrogen-bond donors (Lipinski definition) is 2. The Morgan fingerprint density at radius 3 is 2.89 bits per heavy atom. The first-order chi connectivity index (χ1) is 9.20. The molecule has 1 aromatic carbocycles. The van der Waals surface area contributed by atoms with Crippen LogP contribution in [0.3, 0.4) is 0 Å². The first kappa shape index (κ1) is 12.9. The molecule has 0 bridgehead atoms. The molecule has 0 saturated carbocycles. The lowest BCUT2D eigenvalue weighted by Gasteiger charge is -2.10. The number of esters is 1. The van der Waals surface area contributed by atoms with Gasteiger partial charge in [-0.1, -0.05) is 0 Å². The lowest BCUT2D eigenvalue weighted by atomic mass is 10.1. The van der Waals surface area contributed by atoms with E-state index in [9.17, 15) is 4.79 Å². The van der Waals surface area contributed by atoms with Crippen LogP contribution in [0.5, 0.6) is 0 Å². The Kier molecular flexibility index (Phi) is 3.97. The zero-order valence-electron chi connectivity index (χ0n) is 10.6. The molecule has 2 aromatic rings. The summed E-state index contributed by atoms with van der Waals surface area (Å²) in [5.41, 5.74) is 8.39. The Balaban J connectivity index is 2.18. The van der Waals surface area contributed by atoms with Crippen LogP contribution in [0, 0.1) is 0 Å². The molecule has 1 aromatic heterocycles. The fourth-order valence-corrected chi connectivity index (χ4v) is 1.61. The van der Waals surface area contributed by atoms with Gasteiger partial charge in [0.05, 0.1) is 35.4 Å². The summed E-state index contributed by atoms with van der Waals surface area (Å²) in [4.78, 5) is 15.6. The van der Waals surface area contributed by atoms with Gasteiger partial charge in [0.15, 0.2) is 0 Å². The Morgan fingerprint density at radius 1 is 1.42 bits per heavy atom. The van der Waals surface area contributed by atoms with Crippen LogP contribution in [-0.4, -0.2) is 17.6 Å². The van der Waals surface area contributed by atoms with Gasteiger partial charge < -0.3 is 15.8 Å². The molecule has 5 nitrogen and oxygen atoms in total. The summed E-state index contributed by atoms with van der Waals surface area (Å²) < 4.78 is 4.92. The van der Waals surface area contributed by atoms with Gasteiger partial charge in [0, 0.05) is 6.20 Å². The highest BCUT2D eigenvalue weighted by Gasteiger charge is 2.08. The van der Waals surface area contributed by atoms with Crippen LogP contribution in [0.25, 0.3) is 0 Å². The van der Waals surface area contributed by atoms with Gasteiger partial charge in [-0.3, -0.25) is 4.98 Å². The molecule has 3 N–H and O–H groups in total. The highest BCUT2D eigenvalue weighted by Crippen LogP contribution is 2.24. The molecule has 0 amide bonds. The largest absolute Gasteiger partial charge is 0.462 e. The molecule has 0 radical (unpaired) electrons. The van der Waals surface area contributed by atoms with E-state index in [0.717, 1.165) is 11.4 Å². The molecule has 0 aliphatic carbocycles. The topological polar surface area (TPSA) is 77.2 Å². The van der Waals surface area contributed by atoms with Crippen molar-refractivity contribution in [3.05, 3.63) is 48.3 Å². The van der Waals surface area contributed by atoms with Crippen LogP contribution in [0.15, 0.2) is 42.7 Å². The summed E-state index contributed by atoms with van der Waals surface area (Å²) >= 11 is 0. The molecule has 2 rings (SSSR count). The second kappa shape index (κ2) is 5.86. The third kappa shape index (κ3) is 3.22. The molecular weight excluding hydrogens is 242 g/mol. The van der Waals surface area contributed by atoms with Crippen molar-refractivity contribution in [3.63, 3.8) is 0 Å². The van der Waals surface area contributed by atoms with Crippen LogP contribution in [0.1, 0.15) is 17.3 Å². The van der Waals surface area contributed by atoms with Crippen LogP contribution in [0.2, 0.25) is 0 Å². The third-order valence-electron chi connectivity index (χ3n) is 2.50. The summed E-state index contributed by atoms with van der Waals surface area (Å²) in [6, 6.07) is 8.72. The SMILES string of the molecule is CCOC(=O)c1ccc(Nc2cccnc2)c(N)c1. The number of rotatable bonds is 4. The molecule has 0 aliphatic rings. The quantitative estimate of drug-likeness (QED) is 0.650. The normalized spacial score (nSPS) is 9.95. The molecule has 0 unspecified atom stereocenters. The van der Waals surface area contributed by atoms with Crippen LogP contribution >= 0.6 is 0 Å². The standard InChI is InChI=1S/C14H15N3O2/c1-2-19-14(18)10-5-6-13(12(15)8-10)17-11-4-3-7-16-9-11/h3-9,17H,2,15H2,1H3. The maximum Gasteiger partial charge on any atom is 0.338 e. The average Bonchev–Trinajstić information content (AvgIpc) is 2.42. The number of nitrogens with zero attached hydrogens (tertiary/aromatic N) is 1. The van der Waals surface area contributed by atoms with Gasteiger partial charge in [-0.25, -0.2) is 4.79 Å². The Morgan fingerprint density at radius 2 is 2.26 bits per heavy atom. The molecule has 0 atom stereocenters. The highest BCUT2D eigenvalue weighted by molar-refractivity contribution is 5.92. The minimum absolute atomic E-state index is 0.342. The lowest BCUT2D eigenvalue weighted by Crippen LogP contribution is -2.06. The van der Waals surface area contributed by atoms with Crippen molar-refractivity contribution < 1.29 is 9.53 Å². The Bertz CT molecular complexity index is 570. The number of nitrogen functional groups attached to an aromatic ring is 1. The van der Waals surface area contributed by atoms with Crippen molar-refractivity contribution in [2.75, 3.05) is 17.7 Å². The van der Waals surface area contributed by atoms with Crippen molar-refractivity contribution in [1.82, 2.24) is 4.98 Å². The highest BCUT2D eigenvalue weighted by atomic mass is 16.5. The molecule has 1 heterocycles. The van der Waals surface area contributed by atoms with Gasteiger partial charge in [-0.2, -0.15) is 0 Å². The predicted octanol–water partition coefficient (Wildman–Crippen LogP) is 2.58. The molecule has 0 spiro atoms. The molecule has 0 fully saturated rings. The monoisotopic (exact) mass is 257 g/mol. The third-order valence-corrected chi connectivity index (χ3v) is 2.50. The summed E-state index contributed by atoms with van der Waals surface area (Å²) in [6.07, 6.45) is 3.39. The van der Waals surface area contributed by atoms with E-state index in [4.69, 9.17) is 10.5 Å². The molecule has 0 aliphatic heterocycles. The van der Waals surface area contributed by atoms with E-state index in [1.165, 1.54) is 0 Å². The fourth-order valence-electron chi connectivity index (χ4n) is 1.61. The smallest absolute Gasteiger partial charge is 0.338 e. The number of anilines is 3. The Hall–Kier alpha value is -2.56. The number of nitrogens with one attached hydrogen (secondary N) is 1. The predicted molar refractivity (Wildman–Crippen MR) is 74.3 cm³/mol. The number of nitrogens with two attached hydrogens (primary N) is 1. The summed E-state index contributed by atoms with van der Waals surface area (Å²) in [6.45, 7) is 2.11. The number of benzene rings is 1. The number of hydrogen-bond acceptors (Lipinski definition) is 5. The Labute approximate surface area is 111 Å². The fraction of sp³-hybridized carbons (Fsp3) is 0.143. The van der Waals surface area contributed by atoms with Crippen LogP contribution < -0.4 is 11.1 Å². The maximum atomic E-state index is 11.6. The summed E-state index contributed by atoms with van der Waals surface area (Å²) in [5.74, 6) is -0.373. The molecule has 5 heteroatoms. The zero-order chi connectivity index (χ0) is 13.7. The summed E-state index contributed by atoms with van der Waals surface area (Å²) in [7, 11) is 0. The zero-order valence-corrected chi connectivity index (χ0v) is 10.6. The molecule has 19 heavy (non-hydrogen) atoms. The van der Waals surface area contributed by atoms with Crippen molar-refractivity contribution in [2.45, 2.75) is 6.92 Å². The first-order valence-corrected chi connectivity index (χ1v) is 5.94. The molecular formula is C14H15N3O2. The van der Waals surface area contributed by atoms with Crippen molar-refractivity contribution in [1.29, 1.82) is 0 Å². The lowest BCUT2D eigenvalue weighted by molar-refractivity contribution is 0.0526.